The summed E-state index contributed by atoms with van der Waals surface area (Å²) in [5.74, 6) is 0.615. The van der Waals surface area contributed by atoms with E-state index in [9.17, 15) is 4.79 Å². The number of aromatic nitrogens is 1. The number of aryl methyl sites for hydroxylation is 1. The molecule has 0 unspecified atom stereocenters. The summed E-state index contributed by atoms with van der Waals surface area (Å²) in [4.78, 5) is 21.1. The number of fused-ring (bicyclic) bond motifs is 1. The van der Waals surface area contributed by atoms with E-state index in [4.69, 9.17) is 0 Å². The fourth-order valence-electron chi connectivity index (χ4n) is 2.98. The average Bonchev–Trinajstić information content (AvgIpc) is 2.90. The Labute approximate surface area is 127 Å². The Hall–Kier alpha value is -1.14. The minimum atomic E-state index is -0.0363. The molecule has 2 aliphatic rings. The van der Waals surface area contributed by atoms with Gasteiger partial charge in [0.1, 0.15) is 5.82 Å². The molecule has 108 valence electrons. The van der Waals surface area contributed by atoms with Gasteiger partial charge in [0.25, 0.3) is 0 Å². The molecule has 20 heavy (non-hydrogen) atoms. The van der Waals surface area contributed by atoms with Crippen LogP contribution in [0.25, 0.3) is 0 Å². The zero-order valence-electron chi connectivity index (χ0n) is 11.6. The van der Waals surface area contributed by atoms with Crippen LogP contribution in [-0.2, 0) is 0 Å². The van der Waals surface area contributed by atoms with E-state index >= 15 is 0 Å². The van der Waals surface area contributed by atoms with Crippen molar-refractivity contribution in [2.75, 3.05) is 31.5 Å². The van der Waals surface area contributed by atoms with Crippen molar-refractivity contribution in [2.45, 2.75) is 25.8 Å². The summed E-state index contributed by atoms with van der Waals surface area (Å²) >= 11 is 3.41. The van der Waals surface area contributed by atoms with E-state index in [0.717, 1.165) is 29.8 Å². The summed E-state index contributed by atoms with van der Waals surface area (Å²) in [5.41, 5.74) is 0.878. The molecule has 3 rings (SSSR count). The molecule has 0 spiro atoms. The molecule has 5 nitrogen and oxygen atoms in total. The van der Waals surface area contributed by atoms with Crippen LogP contribution in [0.4, 0.5) is 10.6 Å². The smallest absolute Gasteiger partial charge is 0.322 e. The number of rotatable bonds is 1. The third kappa shape index (κ3) is 2.81. The number of piperazine rings is 1. The first-order chi connectivity index (χ1) is 9.63. The summed E-state index contributed by atoms with van der Waals surface area (Å²) < 4.78 is 0.954. The zero-order chi connectivity index (χ0) is 14.1. The summed E-state index contributed by atoms with van der Waals surface area (Å²) in [5, 5.41) is 2.90. The first-order valence-corrected chi connectivity index (χ1v) is 7.86. The summed E-state index contributed by atoms with van der Waals surface area (Å²) in [6, 6.07) is 4.24. The zero-order valence-corrected chi connectivity index (χ0v) is 13.2. The number of nitrogens with one attached hydrogen (secondary N) is 1. The minimum absolute atomic E-state index is 0.0363. The van der Waals surface area contributed by atoms with E-state index in [0.29, 0.717) is 11.9 Å². The van der Waals surface area contributed by atoms with Crippen molar-refractivity contribution in [3.05, 3.63) is 22.3 Å². The van der Waals surface area contributed by atoms with E-state index in [2.05, 4.69) is 31.1 Å². The molecule has 1 atom stereocenters. The molecule has 0 radical (unpaired) electrons. The van der Waals surface area contributed by atoms with Crippen LogP contribution in [0.15, 0.2) is 16.6 Å². The van der Waals surface area contributed by atoms with Crippen molar-refractivity contribution < 1.29 is 4.79 Å². The van der Waals surface area contributed by atoms with Gasteiger partial charge in [-0.1, -0.05) is 0 Å². The van der Waals surface area contributed by atoms with E-state index in [1.807, 2.05) is 24.0 Å². The van der Waals surface area contributed by atoms with Crippen molar-refractivity contribution in [1.82, 2.24) is 14.8 Å². The first-order valence-electron chi connectivity index (χ1n) is 7.06. The molecular weight excluding hydrogens is 320 g/mol. The largest absolute Gasteiger partial charge is 0.323 e. The number of hydrogen-bond acceptors (Lipinski definition) is 3. The predicted octanol–water partition coefficient (Wildman–Crippen LogP) is 2.46. The van der Waals surface area contributed by atoms with Gasteiger partial charge in [0.05, 0.1) is 5.69 Å². The Balaban J connectivity index is 1.62. The molecule has 1 N–H and O–H groups in total. The van der Waals surface area contributed by atoms with Gasteiger partial charge in [0.15, 0.2) is 0 Å². The Morgan fingerprint density at radius 3 is 3.05 bits per heavy atom. The molecular formula is C14H19BrN4O. The number of carbonyl (C=O) groups excluding carboxylic acids is 1. The highest BCUT2D eigenvalue weighted by molar-refractivity contribution is 9.10. The lowest BCUT2D eigenvalue weighted by Gasteiger charge is -2.37. The highest BCUT2D eigenvalue weighted by atomic mass is 79.9. The van der Waals surface area contributed by atoms with Gasteiger partial charge in [-0.25, -0.2) is 9.78 Å². The Bertz CT molecular complexity index is 522. The molecule has 0 bridgehead atoms. The number of pyridine rings is 1. The Morgan fingerprint density at radius 2 is 2.25 bits per heavy atom. The maximum atomic E-state index is 12.3. The molecule has 6 heteroatoms. The molecule has 2 saturated heterocycles. The van der Waals surface area contributed by atoms with Crippen LogP contribution in [0.1, 0.15) is 18.5 Å². The lowest BCUT2D eigenvalue weighted by Crippen LogP contribution is -2.53. The highest BCUT2D eigenvalue weighted by Gasteiger charge is 2.32. The molecule has 0 aromatic carbocycles. The lowest BCUT2D eigenvalue weighted by atomic mass is 10.2. The van der Waals surface area contributed by atoms with Crippen LogP contribution in [0, 0.1) is 6.92 Å². The fraction of sp³-hybridized carbons (Fsp3) is 0.571. The lowest BCUT2D eigenvalue weighted by molar-refractivity contribution is 0.124. The Morgan fingerprint density at radius 1 is 1.40 bits per heavy atom. The number of amides is 2. The predicted molar refractivity (Wildman–Crippen MR) is 81.9 cm³/mol. The van der Waals surface area contributed by atoms with Crippen molar-refractivity contribution in [1.29, 1.82) is 0 Å². The molecule has 0 aliphatic carbocycles. The molecule has 0 saturated carbocycles. The summed E-state index contributed by atoms with van der Waals surface area (Å²) in [6.07, 6.45) is 2.47. The van der Waals surface area contributed by atoms with Crippen molar-refractivity contribution in [3.63, 3.8) is 0 Å². The monoisotopic (exact) mass is 338 g/mol. The maximum absolute atomic E-state index is 12.3. The number of anilines is 1. The molecule has 2 fully saturated rings. The average molecular weight is 339 g/mol. The third-order valence-electron chi connectivity index (χ3n) is 4.13. The molecule has 2 amide bonds. The van der Waals surface area contributed by atoms with Crippen molar-refractivity contribution in [3.8, 4) is 0 Å². The quantitative estimate of drug-likeness (QED) is 0.855. The van der Waals surface area contributed by atoms with Crippen LogP contribution in [0.3, 0.4) is 0 Å². The van der Waals surface area contributed by atoms with Gasteiger partial charge < -0.3 is 4.90 Å². The SMILES string of the molecule is Cc1nc(NC(=O)N2CCN3CCC[C@@H]3C2)ccc1Br. The number of nitrogens with zero attached hydrogens (tertiary/aromatic N) is 3. The standard InChI is InChI=1S/C14H19BrN4O/c1-10-12(15)4-5-13(16-10)17-14(20)19-8-7-18-6-2-3-11(18)9-19/h4-5,11H,2-3,6-9H2,1H3,(H,16,17,20)/t11-/m1/s1. The van der Waals surface area contributed by atoms with E-state index in [1.54, 1.807) is 0 Å². The number of halogens is 1. The van der Waals surface area contributed by atoms with Gasteiger partial charge >= 0.3 is 6.03 Å². The van der Waals surface area contributed by atoms with E-state index in [-0.39, 0.29) is 6.03 Å². The highest BCUT2D eigenvalue weighted by Crippen LogP contribution is 2.22. The van der Waals surface area contributed by atoms with Crippen LogP contribution in [-0.4, -0.2) is 53.0 Å². The second kappa shape index (κ2) is 5.69. The second-order valence-corrected chi connectivity index (χ2v) is 6.33. The topological polar surface area (TPSA) is 48.5 Å². The van der Waals surface area contributed by atoms with Gasteiger partial charge in [-0.3, -0.25) is 10.2 Å². The van der Waals surface area contributed by atoms with Crippen LogP contribution < -0.4 is 5.32 Å². The van der Waals surface area contributed by atoms with Gasteiger partial charge in [0.2, 0.25) is 0 Å². The Kier molecular flexibility index (Phi) is 3.94. The fourth-order valence-corrected chi connectivity index (χ4v) is 3.20. The van der Waals surface area contributed by atoms with E-state index in [1.165, 1.54) is 19.4 Å². The van der Waals surface area contributed by atoms with Crippen LogP contribution in [0.2, 0.25) is 0 Å². The van der Waals surface area contributed by atoms with Gasteiger partial charge in [0, 0.05) is 30.1 Å². The number of hydrogen-bond donors (Lipinski definition) is 1. The molecule has 1 aromatic heterocycles. The summed E-state index contributed by atoms with van der Waals surface area (Å²) in [6.45, 7) is 5.73. The number of urea groups is 1. The first kappa shape index (κ1) is 13.8. The van der Waals surface area contributed by atoms with Gasteiger partial charge in [-0.2, -0.15) is 0 Å². The normalized spacial score (nSPS) is 22.7. The summed E-state index contributed by atoms with van der Waals surface area (Å²) in [7, 11) is 0. The van der Waals surface area contributed by atoms with Gasteiger partial charge in [-0.05, 0) is 54.4 Å². The molecule has 3 heterocycles. The van der Waals surface area contributed by atoms with Crippen LogP contribution >= 0.6 is 15.9 Å². The van der Waals surface area contributed by atoms with Crippen molar-refractivity contribution in [2.24, 2.45) is 0 Å². The van der Waals surface area contributed by atoms with Gasteiger partial charge in [-0.15, -0.1) is 0 Å². The molecule has 2 aliphatic heterocycles. The second-order valence-electron chi connectivity index (χ2n) is 5.47. The minimum Gasteiger partial charge on any atom is -0.322 e. The van der Waals surface area contributed by atoms with Crippen LogP contribution in [0.5, 0.6) is 0 Å². The third-order valence-corrected chi connectivity index (χ3v) is 4.97. The van der Waals surface area contributed by atoms with E-state index < -0.39 is 0 Å². The maximum Gasteiger partial charge on any atom is 0.323 e. The number of carbonyl (C=O) groups is 1. The van der Waals surface area contributed by atoms with Crippen molar-refractivity contribution >= 4 is 27.8 Å². The molecule has 1 aromatic rings.